The highest BCUT2D eigenvalue weighted by molar-refractivity contribution is 5.41. The summed E-state index contributed by atoms with van der Waals surface area (Å²) in [7, 11) is 0. The highest BCUT2D eigenvalue weighted by atomic mass is 16.5. The smallest absolute Gasteiger partial charge is 0.168 e. The van der Waals surface area contributed by atoms with Crippen molar-refractivity contribution < 1.29 is 20.5 Å². The van der Waals surface area contributed by atoms with E-state index in [9.17, 15) is 5.21 Å². The van der Waals surface area contributed by atoms with Crippen molar-refractivity contribution in [2.75, 3.05) is 0 Å². The minimum atomic E-state index is 0.111. The second-order valence-electron chi connectivity index (χ2n) is 3.44. The molecule has 82 valence electrons. The van der Waals surface area contributed by atoms with Crippen molar-refractivity contribution in [1.29, 1.82) is 0 Å². The summed E-state index contributed by atoms with van der Waals surface area (Å²) in [6.07, 6.45) is 0. The molecule has 0 spiro atoms. The van der Waals surface area contributed by atoms with Crippen molar-refractivity contribution in [2.45, 2.75) is 0 Å². The van der Waals surface area contributed by atoms with Crippen LogP contribution in [-0.2, 0) is 0 Å². The first-order valence-electron chi connectivity index (χ1n) is 4.81. The van der Waals surface area contributed by atoms with Gasteiger partial charge in [0.1, 0.15) is 11.5 Å². The van der Waals surface area contributed by atoms with Crippen LogP contribution >= 0.6 is 0 Å². The van der Waals surface area contributed by atoms with Crippen LogP contribution in [0.5, 0.6) is 11.5 Å². The van der Waals surface area contributed by atoms with Gasteiger partial charge in [-0.2, -0.15) is 0 Å². The van der Waals surface area contributed by atoms with Crippen LogP contribution in [0.25, 0.3) is 0 Å². The lowest BCUT2D eigenvalue weighted by Crippen LogP contribution is -2.99. The molecule has 0 radical (unpaired) electrons. The molecular formula is C12H12NO3+. The van der Waals surface area contributed by atoms with Crippen LogP contribution in [0.4, 0.5) is 11.4 Å². The molecule has 0 amide bonds. The number of benzene rings is 2. The van der Waals surface area contributed by atoms with E-state index >= 15 is 0 Å². The van der Waals surface area contributed by atoms with Gasteiger partial charge in [-0.3, -0.25) is 0 Å². The summed E-state index contributed by atoms with van der Waals surface area (Å²) < 4.78 is 0. The van der Waals surface area contributed by atoms with Crippen LogP contribution < -0.4 is 5.06 Å². The topological polar surface area (TPSA) is 65.1 Å². The SMILES string of the molecule is Oc1ccc([NH+](O)c2ccc(O)cc2)cc1. The zero-order valence-corrected chi connectivity index (χ0v) is 8.46. The molecule has 0 atom stereocenters. The van der Waals surface area contributed by atoms with Crippen LogP contribution in [0.15, 0.2) is 48.5 Å². The highest BCUT2D eigenvalue weighted by Gasteiger charge is 2.12. The Kier molecular flexibility index (Phi) is 2.76. The maximum absolute atomic E-state index is 9.93. The number of quaternary nitrogens is 1. The summed E-state index contributed by atoms with van der Waals surface area (Å²) in [5, 5.41) is 28.3. The Bertz CT molecular complexity index is 419. The maximum atomic E-state index is 9.93. The van der Waals surface area contributed by atoms with E-state index in [4.69, 9.17) is 10.2 Å². The van der Waals surface area contributed by atoms with Crippen molar-refractivity contribution >= 4 is 11.4 Å². The summed E-state index contributed by atoms with van der Waals surface area (Å²) >= 11 is 0. The van der Waals surface area contributed by atoms with Crippen molar-refractivity contribution in [3.8, 4) is 11.5 Å². The molecule has 0 heterocycles. The van der Waals surface area contributed by atoms with Crippen LogP contribution in [0.3, 0.4) is 0 Å². The predicted octanol–water partition coefficient (Wildman–Crippen LogP) is 1.34. The largest absolute Gasteiger partial charge is 0.508 e. The Labute approximate surface area is 92.6 Å². The number of aromatic hydroxyl groups is 2. The molecule has 16 heavy (non-hydrogen) atoms. The van der Waals surface area contributed by atoms with Gasteiger partial charge in [-0.1, -0.05) is 0 Å². The summed E-state index contributed by atoms with van der Waals surface area (Å²) in [6, 6.07) is 12.5. The Hall–Kier alpha value is -2.04. The van der Waals surface area contributed by atoms with Gasteiger partial charge in [0, 0.05) is 24.3 Å². The first-order valence-corrected chi connectivity index (χ1v) is 4.81. The number of hydrogen-bond donors (Lipinski definition) is 4. The molecule has 0 bridgehead atoms. The number of rotatable bonds is 2. The molecule has 0 fully saturated rings. The molecule has 0 aliphatic carbocycles. The van der Waals surface area contributed by atoms with Crippen molar-refractivity contribution in [1.82, 2.24) is 0 Å². The fourth-order valence-electron chi connectivity index (χ4n) is 1.41. The van der Waals surface area contributed by atoms with Gasteiger partial charge in [0.2, 0.25) is 0 Å². The Morgan fingerprint density at radius 2 is 0.938 bits per heavy atom. The van der Waals surface area contributed by atoms with E-state index in [1.807, 2.05) is 0 Å². The Morgan fingerprint density at radius 1 is 0.625 bits per heavy atom. The lowest BCUT2D eigenvalue weighted by molar-refractivity contribution is -0.978. The minimum absolute atomic E-state index is 0.111. The average molecular weight is 218 g/mol. The van der Waals surface area contributed by atoms with Gasteiger partial charge < -0.3 is 10.2 Å². The van der Waals surface area contributed by atoms with Crippen molar-refractivity contribution in [3.63, 3.8) is 0 Å². The molecule has 2 aromatic rings. The number of nitrogens with one attached hydrogen (secondary N) is 1. The Balaban J connectivity index is 2.28. The van der Waals surface area contributed by atoms with Gasteiger partial charge in [0.25, 0.3) is 0 Å². The van der Waals surface area contributed by atoms with Crippen LogP contribution in [0, 0.1) is 0 Å². The second kappa shape index (κ2) is 4.22. The standard InChI is InChI=1S/C12H11NO3/c14-11-5-1-9(2-6-11)13(16)10-3-7-12(15)8-4-10/h1-8,14-16H/p+1. The lowest BCUT2D eigenvalue weighted by Gasteiger charge is -2.09. The average Bonchev–Trinajstić information content (AvgIpc) is 2.30. The Morgan fingerprint density at radius 3 is 1.25 bits per heavy atom. The minimum Gasteiger partial charge on any atom is -0.508 e. The molecular weight excluding hydrogens is 206 g/mol. The molecule has 0 aliphatic rings. The second-order valence-corrected chi connectivity index (χ2v) is 3.44. The molecule has 0 aromatic heterocycles. The van der Waals surface area contributed by atoms with Gasteiger partial charge in [-0.05, 0) is 24.3 Å². The van der Waals surface area contributed by atoms with Gasteiger partial charge in [0.05, 0.1) is 0 Å². The van der Waals surface area contributed by atoms with E-state index < -0.39 is 0 Å². The number of phenolic OH excluding ortho intramolecular Hbond substituents is 2. The van der Waals surface area contributed by atoms with Crippen LogP contribution in [0.2, 0.25) is 0 Å². The number of phenols is 2. The lowest BCUT2D eigenvalue weighted by atomic mass is 10.2. The summed E-state index contributed by atoms with van der Waals surface area (Å²) in [5.74, 6) is 0.310. The fraction of sp³-hybridized carbons (Fsp3) is 0. The van der Waals surface area contributed by atoms with E-state index in [1.54, 1.807) is 24.3 Å². The molecule has 4 N–H and O–H groups in total. The third-order valence-electron chi connectivity index (χ3n) is 2.28. The first-order chi connectivity index (χ1) is 7.66. The molecule has 0 aliphatic heterocycles. The van der Waals surface area contributed by atoms with E-state index in [0.717, 1.165) is 0 Å². The molecule has 2 aromatic carbocycles. The highest BCUT2D eigenvalue weighted by Crippen LogP contribution is 2.14. The van der Waals surface area contributed by atoms with Gasteiger partial charge in [0.15, 0.2) is 11.4 Å². The third-order valence-corrected chi connectivity index (χ3v) is 2.28. The first kappa shape index (κ1) is 10.5. The summed E-state index contributed by atoms with van der Waals surface area (Å²) in [6.45, 7) is 0. The fourth-order valence-corrected chi connectivity index (χ4v) is 1.41. The van der Waals surface area contributed by atoms with E-state index in [2.05, 4.69) is 0 Å². The summed E-state index contributed by atoms with van der Waals surface area (Å²) in [5.41, 5.74) is 1.23. The zero-order valence-electron chi connectivity index (χ0n) is 8.46. The van der Waals surface area contributed by atoms with Crippen LogP contribution in [-0.4, -0.2) is 15.4 Å². The zero-order chi connectivity index (χ0) is 11.5. The number of hydrogen-bond acceptors (Lipinski definition) is 3. The van der Waals surface area contributed by atoms with Gasteiger partial charge in [-0.15, -0.1) is 5.06 Å². The van der Waals surface area contributed by atoms with E-state index in [-0.39, 0.29) is 16.6 Å². The molecule has 4 heteroatoms. The normalized spacial score (nSPS) is 10.6. The summed E-state index contributed by atoms with van der Waals surface area (Å²) in [4.78, 5) is 0. The maximum Gasteiger partial charge on any atom is 0.168 e. The van der Waals surface area contributed by atoms with Crippen molar-refractivity contribution in [2.24, 2.45) is 0 Å². The quantitative estimate of drug-likeness (QED) is 0.454. The molecule has 0 unspecified atom stereocenters. The predicted molar refractivity (Wildman–Crippen MR) is 58.3 cm³/mol. The monoisotopic (exact) mass is 218 g/mol. The van der Waals surface area contributed by atoms with E-state index in [1.165, 1.54) is 24.3 Å². The van der Waals surface area contributed by atoms with Gasteiger partial charge in [-0.25, -0.2) is 5.21 Å². The molecule has 2 rings (SSSR count). The molecule has 0 saturated heterocycles. The third kappa shape index (κ3) is 2.13. The molecule has 4 nitrogen and oxygen atoms in total. The van der Waals surface area contributed by atoms with Crippen molar-refractivity contribution in [3.05, 3.63) is 48.5 Å². The van der Waals surface area contributed by atoms with Gasteiger partial charge >= 0.3 is 0 Å². The molecule has 0 saturated carbocycles. The van der Waals surface area contributed by atoms with Crippen LogP contribution in [0.1, 0.15) is 0 Å². The van der Waals surface area contributed by atoms with E-state index in [0.29, 0.717) is 11.4 Å².